The molecule has 0 aliphatic carbocycles. The molecule has 2 aromatic heterocycles. The van der Waals surface area contributed by atoms with Gasteiger partial charge in [0.2, 0.25) is 10.0 Å². The fraction of sp³-hybridized carbons (Fsp3) is 0.333. The third kappa shape index (κ3) is 3.14. The van der Waals surface area contributed by atoms with Crippen molar-refractivity contribution in [3.05, 3.63) is 36.2 Å². The van der Waals surface area contributed by atoms with Crippen molar-refractivity contribution in [2.45, 2.75) is 17.9 Å². The maximum absolute atomic E-state index is 12.3. The predicted molar refractivity (Wildman–Crippen MR) is 76.1 cm³/mol. The molecule has 114 valence electrons. The minimum Gasteiger partial charge on any atom is -0.354 e. The molecule has 3 N–H and O–H groups in total. The largest absolute Gasteiger partial charge is 0.354 e. The number of amides is 1. The molecular weight excluding hydrogens is 294 g/mol. The highest BCUT2D eigenvalue weighted by Crippen LogP contribution is 2.16. The van der Waals surface area contributed by atoms with E-state index < -0.39 is 16.1 Å². The van der Waals surface area contributed by atoms with Crippen LogP contribution < -0.4 is 10.0 Å². The second-order valence-electron chi connectivity index (χ2n) is 4.57. The summed E-state index contributed by atoms with van der Waals surface area (Å²) in [5.74, 6) is 0.166. The molecule has 0 spiro atoms. The zero-order chi connectivity index (χ0) is 15.6. The lowest BCUT2D eigenvalue weighted by atomic mass is 10.3. The number of carbonyl (C=O) groups excluding carboxylic acids is 1. The Morgan fingerprint density at radius 1 is 1.48 bits per heavy atom. The van der Waals surface area contributed by atoms with E-state index in [1.165, 1.54) is 23.9 Å². The first-order valence-corrected chi connectivity index (χ1v) is 7.73. The predicted octanol–water partition coefficient (Wildman–Crippen LogP) is 0.147. The van der Waals surface area contributed by atoms with Crippen molar-refractivity contribution < 1.29 is 13.2 Å². The molecule has 0 saturated carbocycles. The highest BCUT2D eigenvalue weighted by Gasteiger charge is 2.23. The fourth-order valence-corrected chi connectivity index (χ4v) is 3.18. The number of rotatable bonds is 5. The Bertz CT molecular complexity index is 733. The van der Waals surface area contributed by atoms with Crippen LogP contribution in [0.25, 0.3) is 0 Å². The SMILES string of the molecule is CNC(=O)c1cc(S(=O)(=O)NC(C)c2ncc[nH]2)cn1C. The number of aryl methyl sites for hydroxylation is 1. The summed E-state index contributed by atoms with van der Waals surface area (Å²) >= 11 is 0. The summed E-state index contributed by atoms with van der Waals surface area (Å²) < 4.78 is 28.6. The molecule has 0 aromatic carbocycles. The highest BCUT2D eigenvalue weighted by atomic mass is 32.2. The first-order valence-electron chi connectivity index (χ1n) is 6.25. The molecule has 1 amide bonds. The third-order valence-electron chi connectivity index (χ3n) is 3.01. The molecule has 2 heterocycles. The molecule has 2 rings (SSSR count). The second-order valence-corrected chi connectivity index (χ2v) is 6.28. The summed E-state index contributed by atoms with van der Waals surface area (Å²) in [4.78, 5) is 18.5. The summed E-state index contributed by atoms with van der Waals surface area (Å²) in [6.45, 7) is 1.68. The highest BCUT2D eigenvalue weighted by molar-refractivity contribution is 7.89. The average Bonchev–Trinajstić information content (AvgIpc) is 3.06. The van der Waals surface area contributed by atoms with Crippen molar-refractivity contribution in [1.82, 2.24) is 24.6 Å². The Kier molecular flexibility index (Phi) is 4.14. The van der Waals surface area contributed by atoms with Gasteiger partial charge in [-0.15, -0.1) is 0 Å². The number of nitrogens with one attached hydrogen (secondary N) is 3. The maximum Gasteiger partial charge on any atom is 0.267 e. The zero-order valence-electron chi connectivity index (χ0n) is 11.9. The van der Waals surface area contributed by atoms with Gasteiger partial charge >= 0.3 is 0 Å². The average molecular weight is 311 g/mol. The van der Waals surface area contributed by atoms with Crippen LogP contribution in [0.15, 0.2) is 29.6 Å². The Labute approximate surface area is 122 Å². The Morgan fingerprint density at radius 2 is 2.19 bits per heavy atom. The molecule has 1 atom stereocenters. The minimum atomic E-state index is -3.74. The van der Waals surface area contributed by atoms with Gasteiger partial charge < -0.3 is 14.9 Å². The fourth-order valence-electron chi connectivity index (χ4n) is 1.91. The number of H-pyrrole nitrogens is 1. The molecule has 0 fully saturated rings. The third-order valence-corrected chi connectivity index (χ3v) is 4.52. The van der Waals surface area contributed by atoms with Crippen LogP contribution in [0.3, 0.4) is 0 Å². The topological polar surface area (TPSA) is 109 Å². The van der Waals surface area contributed by atoms with Gasteiger partial charge in [0.15, 0.2) is 0 Å². The zero-order valence-corrected chi connectivity index (χ0v) is 12.7. The van der Waals surface area contributed by atoms with Crippen LogP contribution in [0.5, 0.6) is 0 Å². The quantitative estimate of drug-likeness (QED) is 0.730. The van der Waals surface area contributed by atoms with Crippen molar-refractivity contribution in [2.75, 3.05) is 7.05 Å². The lowest BCUT2D eigenvalue weighted by Crippen LogP contribution is -2.27. The van der Waals surface area contributed by atoms with Crippen LogP contribution in [0.2, 0.25) is 0 Å². The summed E-state index contributed by atoms with van der Waals surface area (Å²) in [5, 5.41) is 2.46. The van der Waals surface area contributed by atoms with Crippen LogP contribution >= 0.6 is 0 Å². The number of hydrogen-bond donors (Lipinski definition) is 3. The Balaban J connectivity index is 2.26. The van der Waals surface area contributed by atoms with Gasteiger partial charge in [-0.3, -0.25) is 4.79 Å². The molecule has 0 aliphatic rings. The van der Waals surface area contributed by atoms with Gasteiger partial charge in [0.25, 0.3) is 5.91 Å². The molecule has 0 radical (unpaired) electrons. The second kappa shape index (κ2) is 5.70. The standard InChI is InChI=1S/C12H17N5O3S/c1-8(11-14-4-5-15-11)16-21(19,20)9-6-10(12(18)13-2)17(3)7-9/h4-8,16H,1-3H3,(H,13,18)(H,14,15). The van der Waals surface area contributed by atoms with E-state index in [9.17, 15) is 13.2 Å². The number of nitrogens with zero attached hydrogens (tertiary/aromatic N) is 2. The molecule has 0 saturated heterocycles. The van der Waals surface area contributed by atoms with Crippen molar-refractivity contribution in [3.8, 4) is 0 Å². The summed E-state index contributed by atoms with van der Waals surface area (Å²) in [7, 11) is -0.642. The van der Waals surface area contributed by atoms with Gasteiger partial charge in [-0.2, -0.15) is 0 Å². The molecule has 0 bridgehead atoms. The van der Waals surface area contributed by atoms with E-state index in [1.807, 2.05) is 0 Å². The normalized spacial score (nSPS) is 13.1. The minimum absolute atomic E-state index is 0.0296. The van der Waals surface area contributed by atoms with Crippen molar-refractivity contribution >= 4 is 15.9 Å². The Morgan fingerprint density at radius 3 is 2.76 bits per heavy atom. The van der Waals surface area contributed by atoms with E-state index in [1.54, 1.807) is 26.4 Å². The number of hydrogen-bond acceptors (Lipinski definition) is 4. The van der Waals surface area contributed by atoms with Gasteiger partial charge in [0.1, 0.15) is 16.4 Å². The van der Waals surface area contributed by atoms with E-state index in [0.717, 1.165) is 0 Å². The van der Waals surface area contributed by atoms with Crippen LogP contribution in [0, 0.1) is 0 Å². The molecule has 9 heteroatoms. The van der Waals surface area contributed by atoms with Crippen molar-refractivity contribution in [2.24, 2.45) is 7.05 Å². The van der Waals surface area contributed by atoms with E-state index in [4.69, 9.17) is 0 Å². The maximum atomic E-state index is 12.3. The molecular formula is C12H17N5O3S. The van der Waals surface area contributed by atoms with Crippen LogP contribution in [0.1, 0.15) is 29.3 Å². The van der Waals surface area contributed by atoms with Crippen molar-refractivity contribution in [3.63, 3.8) is 0 Å². The summed E-state index contributed by atoms with van der Waals surface area (Å²) in [5.41, 5.74) is 0.267. The number of aromatic amines is 1. The lowest BCUT2D eigenvalue weighted by molar-refractivity contribution is 0.0955. The molecule has 1 unspecified atom stereocenters. The van der Waals surface area contributed by atoms with E-state index >= 15 is 0 Å². The van der Waals surface area contributed by atoms with Gasteiger partial charge in [-0.1, -0.05) is 0 Å². The van der Waals surface area contributed by atoms with Gasteiger partial charge in [0, 0.05) is 32.7 Å². The number of carbonyl (C=O) groups is 1. The Hall–Kier alpha value is -2.13. The van der Waals surface area contributed by atoms with Crippen molar-refractivity contribution in [1.29, 1.82) is 0 Å². The lowest BCUT2D eigenvalue weighted by Gasteiger charge is -2.10. The van der Waals surface area contributed by atoms with E-state index in [0.29, 0.717) is 5.82 Å². The van der Waals surface area contributed by atoms with Gasteiger partial charge in [-0.05, 0) is 13.0 Å². The van der Waals surface area contributed by atoms with E-state index in [-0.39, 0.29) is 16.5 Å². The van der Waals surface area contributed by atoms with E-state index in [2.05, 4.69) is 20.0 Å². The first kappa shape index (κ1) is 15.3. The molecule has 8 nitrogen and oxygen atoms in total. The molecule has 21 heavy (non-hydrogen) atoms. The number of aromatic nitrogens is 3. The summed E-state index contributed by atoms with van der Waals surface area (Å²) in [6.07, 6.45) is 4.56. The van der Waals surface area contributed by atoms with Crippen LogP contribution in [0.4, 0.5) is 0 Å². The van der Waals surface area contributed by atoms with Crippen LogP contribution in [-0.4, -0.2) is 35.9 Å². The first-order chi connectivity index (χ1) is 9.85. The summed E-state index contributed by atoms with van der Waals surface area (Å²) in [6, 6.07) is 0.824. The molecule has 2 aromatic rings. The number of imidazole rings is 1. The monoisotopic (exact) mass is 311 g/mol. The van der Waals surface area contributed by atoms with Gasteiger partial charge in [-0.25, -0.2) is 18.1 Å². The molecule has 0 aliphatic heterocycles. The number of sulfonamides is 1. The van der Waals surface area contributed by atoms with Gasteiger partial charge in [0.05, 0.1) is 6.04 Å². The smallest absolute Gasteiger partial charge is 0.267 e. The van der Waals surface area contributed by atoms with Crippen LogP contribution in [-0.2, 0) is 17.1 Å².